The molecule has 0 fully saturated rings. The van der Waals surface area contributed by atoms with E-state index in [-0.39, 0.29) is 12.3 Å². The highest BCUT2D eigenvalue weighted by molar-refractivity contribution is 5.73. The van der Waals surface area contributed by atoms with Crippen molar-refractivity contribution in [3.63, 3.8) is 0 Å². The number of benzene rings is 1. The normalized spacial score (nSPS) is 15.3. The molecule has 0 saturated carbocycles. The highest BCUT2D eigenvalue weighted by Gasteiger charge is 2.09. The van der Waals surface area contributed by atoms with Gasteiger partial charge in [0.1, 0.15) is 6.23 Å². The van der Waals surface area contributed by atoms with E-state index in [1.54, 1.807) is 13.3 Å². The molecule has 2 unspecified atom stereocenters. The summed E-state index contributed by atoms with van der Waals surface area (Å²) in [4.78, 5) is 8.39. The summed E-state index contributed by atoms with van der Waals surface area (Å²) in [5.74, 6) is 0. The fraction of sp³-hybridized carbons (Fsp3) is 0.407. The van der Waals surface area contributed by atoms with Crippen LogP contribution in [0.2, 0.25) is 0 Å². The molecule has 0 aliphatic carbocycles. The molecule has 0 aromatic heterocycles. The molecule has 0 heterocycles. The lowest BCUT2D eigenvalue weighted by atomic mass is 10.1. The van der Waals surface area contributed by atoms with E-state index < -0.39 is 0 Å². The highest BCUT2D eigenvalue weighted by Crippen LogP contribution is 2.22. The monoisotopic (exact) mass is 467 g/mol. The predicted molar refractivity (Wildman–Crippen MR) is 145 cm³/mol. The number of nitrogens with two attached hydrogens (primary N) is 2. The van der Waals surface area contributed by atoms with Gasteiger partial charge in [-0.1, -0.05) is 25.1 Å². The average Bonchev–Trinajstić information content (AvgIpc) is 2.83. The fourth-order valence-electron chi connectivity index (χ4n) is 3.06. The summed E-state index contributed by atoms with van der Waals surface area (Å²) < 4.78 is 10.4. The number of aliphatic imine (C=N–C) groups is 2. The Morgan fingerprint density at radius 2 is 1.97 bits per heavy atom. The number of hydrogen-bond donors (Lipinski definition) is 3. The molecular weight excluding hydrogens is 426 g/mol. The van der Waals surface area contributed by atoms with Gasteiger partial charge < -0.3 is 26.3 Å². The minimum atomic E-state index is -0.241. The third-order valence-corrected chi connectivity index (χ3v) is 5.15. The number of nitrogens with one attached hydrogen (secondary N) is 1. The summed E-state index contributed by atoms with van der Waals surface area (Å²) in [5, 5.41) is 3.52. The number of ether oxygens (including phenoxy) is 2. The summed E-state index contributed by atoms with van der Waals surface area (Å²) in [5.41, 5.74) is 17.9. The van der Waals surface area contributed by atoms with Crippen molar-refractivity contribution in [3.05, 3.63) is 70.6 Å². The lowest BCUT2D eigenvalue weighted by molar-refractivity contribution is 0.0310. The van der Waals surface area contributed by atoms with Crippen molar-refractivity contribution in [3.8, 4) is 0 Å². The van der Waals surface area contributed by atoms with Gasteiger partial charge in [0, 0.05) is 42.9 Å². The summed E-state index contributed by atoms with van der Waals surface area (Å²) >= 11 is 0. The molecule has 0 aliphatic rings. The molecule has 2 atom stereocenters. The van der Waals surface area contributed by atoms with E-state index >= 15 is 0 Å². The standard InChI is InChI=1S/C27H41N5O2/c1-7-9-23-18-22(10-13-27(23)30-5)19-32-26(8-2)25(29)12-11-24(28)20(3)14-15-31-21(4)34-17-16-33-6/h7,9-15,18,21,26,32H,5,8,16-17,19,28-29H2,1-4,6H3/b9-7-,20-14+,24-11-,25-12+,31-15-. The molecule has 1 rings (SSSR count). The number of nitrogens with zero attached hydrogens (tertiary/aromatic N) is 2. The van der Waals surface area contributed by atoms with Crippen LogP contribution in [0.1, 0.15) is 45.2 Å². The van der Waals surface area contributed by atoms with Crippen LogP contribution in [0.15, 0.2) is 69.5 Å². The molecule has 5 N–H and O–H groups in total. The van der Waals surface area contributed by atoms with Gasteiger partial charge in [-0.25, -0.2) is 0 Å². The van der Waals surface area contributed by atoms with E-state index in [2.05, 4.69) is 35.0 Å². The van der Waals surface area contributed by atoms with E-state index in [1.807, 2.05) is 63.3 Å². The largest absolute Gasteiger partial charge is 0.401 e. The zero-order valence-corrected chi connectivity index (χ0v) is 21.3. The molecule has 0 saturated heterocycles. The minimum Gasteiger partial charge on any atom is -0.401 e. The van der Waals surface area contributed by atoms with Gasteiger partial charge in [0.2, 0.25) is 0 Å². The van der Waals surface area contributed by atoms with Crippen molar-refractivity contribution in [2.45, 2.75) is 52.9 Å². The van der Waals surface area contributed by atoms with Crippen LogP contribution in [-0.4, -0.2) is 45.5 Å². The van der Waals surface area contributed by atoms with Crippen LogP contribution in [0.4, 0.5) is 5.69 Å². The molecule has 0 bridgehead atoms. The van der Waals surface area contributed by atoms with Crippen molar-refractivity contribution in [2.24, 2.45) is 21.5 Å². The van der Waals surface area contributed by atoms with Crippen molar-refractivity contribution >= 4 is 24.7 Å². The van der Waals surface area contributed by atoms with Crippen LogP contribution >= 0.6 is 0 Å². The topological polar surface area (TPSA) is 107 Å². The van der Waals surface area contributed by atoms with Crippen molar-refractivity contribution in [1.82, 2.24) is 5.32 Å². The third-order valence-electron chi connectivity index (χ3n) is 5.15. The molecule has 1 aromatic rings. The molecule has 0 radical (unpaired) electrons. The molecular formula is C27H41N5O2. The van der Waals surface area contributed by atoms with Crippen molar-refractivity contribution in [2.75, 3.05) is 20.3 Å². The Morgan fingerprint density at radius 1 is 1.21 bits per heavy atom. The van der Waals surface area contributed by atoms with Gasteiger partial charge in [-0.3, -0.25) is 9.98 Å². The number of allylic oxidation sites excluding steroid dienone is 5. The SMILES string of the molecule is C=Nc1ccc(CNC(CC)\C(N)=C/C=C(N)/C(C)=C/C=N\C(C)OCCOC)cc1/C=C\C. The van der Waals surface area contributed by atoms with E-state index in [0.717, 1.165) is 34.5 Å². The zero-order chi connectivity index (χ0) is 25.3. The maximum absolute atomic E-state index is 6.35. The smallest absolute Gasteiger partial charge is 0.145 e. The summed E-state index contributed by atoms with van der Waals surface area (Å²) in [6.45, 7) is 13.3. The van der Waals surface area contributed by atoms with Gasteiger partial charge in [0.15, 0.2) is 0 Å². The molecule has 0 aliphatic heterocycles. The molecule has 0 amide bonds. The first-order valence-electron chi connectivity index (χ1n) is 11.6. The number of methoxy groups -OCH3 is 1. The van der Waals surface area contributed by atoms with Crippen molar-refractivity contribution in [1.29, 1.82) is 0 Å². The minimum absolute atomic E-state index is 0.0300. The second kappa shape index (κ2) is 16.6. The van der Waals surface area contributed by atoms with Gasteiger partial charge in [-0.15, -0.1) is 0 Å². The maximum atomic E-state index is 6.35. The molecule has 0 spiro atoms. The first-order valence-corrected chi connectivity index (χ1v) is 11.6. The first kappa shape index (κ1) is 29.0. The van der Waals surface area contributed by atoms with Crippen LogP contribution in [0.25, 0.3) is 6.08 Å². The van der Waals surface area contributed by atoms with Gasteiger partial charge in [-0.05, 0) is 75.4 Å². The van der Waals surface area contributed by atoms with E-state index in [4.69, 9.17) is 20.9 Å². The van der Waals surface area contributed by atoms with E-state index in [1.165, 1.54) is 0 Å². The Balaban J connectivity index is 2.75. The highest BCUT2D eigenvalue weighted by atomic mass is 16.5. The van der Waals surface area contributed by atoms with Crippen LogP contribution < -0.4 is 16.8 Å². The average molecular weight is 468 g/mol. The summed E-state index contributed by atoms with van der Waals surface area (Å²) in [6.07, 6.45) is 11.9. The van der Waals surface area contributed by atoms with Crippen LogP contribution in [-0.2, 0) is 16.0 Å². The Morgan fingerprint density at radius 3 is 2.62 bits per heavy atom. The Bertz CT molecular complexity index is 916. The lowest BCUT2D eigenvalue weighted by Gasteiger charge is -2.18. The molecule has 1 aromatic carbocycles. The first-order chi connectivity index (χ1) is 16.4. The second-order valence-electron chi connectivity index (χ2n) is 7.79. The van der Waals surface area contributed by atoms with Gasteiger partial charge >= 0.3 is 0 Å². The maximum Gasteiger partial charge on any atom is 0.145 e. The van der Waals surface area contributed by atoms with Crippen LogP contribution in [0.3, 0.4) is 0 Å². The zero-order valence-electron chi connectivity index (χ0n) is 21.3. The molecule has 186 valence electrons. The number of hydrogen-bond acceptors (Lipinski definition) is 7. The van der Waals surface area contributed by atoms with E-state index in [0.29, 0.717) is 25.5 Å². The van der Waals surface area contributed by atoms with Crippen LogP contribution in [0.5, 0.6) is 0 Å². The molecule has 7 heteroatoms. The van der Waals surface area contributed by atoms with Gasteiger partial charge in [0.25, 0.3) is 0 Å². The van der Waals surface area contributed by atoms with Gasteiger partial charge in [-0.2, -0.15) is 0 Å². The fourth-order valence-corrected chi connectivity index (χ4v) is 3.06. The van der Waals surface area contributed by atoms with Gasteiger partial charge in [0.05, 0.1) is 18.9 Å². The molecule has 7 nitrogen and oxygen atoms in total. The Kier molecular flexibility index (Phi) is 14.2. The summed E-state index contributed by atoms with van der Waals surface area (Å²) in [6, 6.07) is 6.17. The van der Waals surface area contributed by atoms with Crippen LogP contribution in [0, 0.1) is 0 Å². The quantitative estimate of drug-likeness (QED) is 0.198. The second-order valence-corrected chi connectivity index (χ2v) is 7.79. The number of rotatable bonds is 15. The lowest BCUT2D eigenvalue weighted by Crippen LogP contribution is -2.33. The van der Waals surface area contributed by atoms with E-state index in [9.17, 15) is 0 Å². The van der Waals surface area contributed by atoms with Crippen molar-refractivity contribution < 1.29 is 9.47 Å². The Labute approximate surface area is 205 Å². The summed E-state index contributed by atoms with van der Waals surface area (Å²) in [7, 11) is 1.64. The molecule has 34 heavy (non-hydrogen) atoms. The third kappa shape index (κ3) is 10.7. The Hall–Kier alpha value is -3.00. The predicted octanol–water partition coefficient (Wildman–Crippen LogP) is 4.63.